The van der Waals surface area contributed by atoms with E-state index in [9.17, 15) is 0 Å². The Hall–Kier alpha value is -1.02. The highest BCUT2D eigenvalue weighted by molar-refractivity contribution is 5.30. The van der Waals surface area contributed by atoms with Gasteiger partial charge in [-0.1, -0.05) is 19.1 Å². The van der Waals surface area contributed by atoms with E-state index in [1.54, 1.807) is 7.11 Å². The summed E-state index contributed by atoms with van der Waals surface area (Å²) < 4.78 is 5.21. The van der Waals surface area contributed by atoms with Crippen LogP contribution in [0, 0.1) is 11.8 Å². The number of methoxy groups -OCH3 is 1. The summed E-state index contributed by atoms with van der Waals surface area (Å²) in [6, 6.07) is 8.24. The maximum Gasteiger partial charge on any atom is 0.119 e. The van der Waals surface area contributed by atoms with Gasteiger partial charge < -0.3 is 10.5 Å². The Balaban J connectivity index is 2.12. The second-order valence-electron chi connectivity index (χ2n) is 4.50. The average Bonchev–Trinajstić information content (AvgIpc) is 3.11. The monoisotopic (exact) mass is 205 g/mol. The number of rotatable bonds is 4. The fourth-order valence-electron chi connectivity index (χ4n) is 2.07. The van der Waals surface area contributed by atoms with E-state index >= 15 is 0 Å². The molecule has 0 spiro atoms. The van der Waals surface area contributed by atoms with Gasteiger partial charge in [0.2, 0.25) is 0 Å². The molecule has 1 aliphatic rings. The molecule has 15 heavy (non-hydrogen) atoms. The lowest BCUT2D eigenvalue weighted by atomic mass is 9.91. The Bertz CT molecular complexity index is 333. The van der Waals surface area contributed by atoms with E-state index in [-0.39, 0.29) is 6.04 Å². The predicted octanol–water partition coefficient (Wildman–Crippen LogP) is 2.74. The van der Waals surface area contributed by atoms with E-state index in [1.165, 1.54) is 18.4 Å². The van der Waals surface area contributed by atoms with Crippen molar-refractivity contribution in [3.05, 3.63) is 29.8 Å². The first-order valence-corrected chi connectivity index (χ1v) is 5.62. The molecule has 0 aliphatic heterocycles. The molecule has 2 atom stereocenters. The summed E-state index contributed by atoms with van der Waals surface area (Å²) in [6.07, 6.45) is 2.69. The van der Waals surface area contributed by atoms with Crippen molar-refractivity contribution in [1.82, 2.24) is 0 Å². The first-order chi connectivity index (χ1) is 7.22. The fourth-order valence-corrected chi connectivity index (χ4v) is 2.07. The zero-order chi connectivity index (χ0) is 10.8. The molecule has 2 nitrogen and oxygen atoms in total. The van der Waals surface area contributed by atoms with Crippen LogP contribution in [0.15, 0.2) is 24.3 Å². The SMILES string of the molecule is COc1cccc(C(N)C(C)C2CC2)c1. The third kappa shape index (κ3) is 2.32. The van der Waals surface area contributed by atoms with Gasteiger partial charge in [0.15, 0.2) is 0 Å². The van der Waals surface area contributed by atoms with Crippen molar-refractivity contribution in [2.45, 2.75) is 25.8 Å². The highest BCUT2D eigenvalue weighted by Gasteiger charge is 2.32. The van der Waals surface area contributed by atoms with Crippen LogP contribution in [-0.4, -0.2) is 7.11 Å². The molecule has 2 heteroatoms. The van der Waals surface area contributed by atoms with Crippen molar-refractivity contribution in [2.75, 3.05) is 7.11 Å². The molecule has 1 fully saturated rings. The zero-order valence-corrected chi connectivity index (χ0v) is 9.44. The van der Waals surface area contributed by atoms with Crippen molar-refractivity contribution in [3.63, 3.8) is 0 Å². The Morgan fingerprint density at radius 3 is 2.73 bits per heavy atom. The van der Waals surface area contributed by atoms with Gasteiger partial charge in [-0.2, -0.15) is 0 Å². The largest absolute Gasteiger partial charge is 0.497 e. The van der Waals surface area contributed by atoms with E-state index in [0.29, 0.717) is 5.92 Å². The van der Waals surface area contributed by atoms with Gasteiger partial charge in [-0.3, -0.25) is 0 Å². The third-order valence-electron chi connectivity index (χ3n) is 3.41. The molecule has 1 aromatic carbocycles. The van der Waals surface area contributed by atoms with Gasteiger partial charge in [0.05, 0.1) is 7.11 Å². The lowest BCUT2D eigenvalue weighted by Gasteiger charge is -2.20. The standard InChI is InChI=1S/C13H19NO/c1-9(10-6-7-10)13(14)11-4-3-5-12(8-11)15-2/h3-5,8-10,13H,6-7,14H2,1-2H3. The molecule has 0 saturated heterocycles. The van der Waals surface area contributed by atoms with E-state index in [2.05, 4.69) is 13.0 Å². The average molecular weight is 205 g/mol. The summed E-state index contributed by atoms with van der Waals surface area (Å²) in [6.45, 7) is 2.25. The molecule has 0 aromatic heterocycles. The molecule has 1 saturated carbocycles. The number of ether oxygens (including phenoxy) is 1. The molecule has 2 N–H and O–H groups in total. The third-order valence-corrected chi connectivity index (χ3v) is 3.41. The Morgan fingerprint density at radius 2 is 2.13 bits per heavy atom. The first kappa shape index (κ1) is 10.5. The van der Waals surface area contributed by atoms with Gasteiger partial charge in [-0.05, 0) is 42.4 Å². The highest BCUT2D eigenvalue weighted by Crippen LogP contribution is 2.41. The van der Waals surface area contributed by atoms with E-state index in [4.69, 9.17) is 10.5 Å². The second kappa shape index (κ2) is 4.23. The molecule has 2 rings (SSSR count). The maximum atomic E-state index is 6.25. The number of hydrogen-bond acceptors (Lipinski definition) is 2. The Labute approximate surface area is 91.4 Å². The van der Waals surface area contributed by atoms with Gasteiger partial charge in [-0.25, -0.2) is 0 Å². The molecule has 0 heterocycles. The van der Waals surface area contributed by atoms with Crippen LogP contribution >= 0.6 is 0 Å². The fraction of sp³-hybridized carbons (Fsp3) is 0.538. The first-order valence-electron chi connectivity index (χ1n) is 5.62. The van der Waals surface area contributed by atoms with Gasteiger partial charge in [0.1, 0.15) is 5.75 Å². The topological polar surface area (TPSA) is 35.2 Å². The number of benzene rings is 1. The zero-order valence-electron chi connectivity index (χ0n) is 9.44. The molecule has 2 unspecified atom stereocenters. The molecule has 0 amide bonds. The van der Waals surface area contributed by atoms with Crippen LogP contribution in [0.4, 0.5) is 0 Å². The maximum absolute atomic E-state index is 6.25. The van der Waals surface area contributed by atoms with Crippen LogP contribution in [0.25, 0.3) is 0 Å². The van der Waals surface area contributed by atoms with Crippen LogP contribution in [0.5, 0.6) is 5.75 Å². The van der Waals surface area contributed by atoms with Gasteiger partial charge in [-0.15, -0.1) is 0 Å². The summed E-state index contributed by atoms with van der Waals surface area (Å²) in [7, 11) is 1.69. The minimum absolute atomic E-state index is 0.146. The number of nitrogens with two attached hydrogens (primary N) is 1. The lowest BCUT2D eigenvalue weighted by molar-refractivity contribution is 0.403. The van der Waals surface area contributed by atoms with Gasteiger partial charge in [0, 0.05) is 6.04 Å². The minimum atomic E-state index is 0.146. The summed E-state index contributed by atoms with van der Waals surface area (Å²) >= 11 is 0. The second-order valence-corrected chi connectivity index (χ2v) is 4.50. The van der Waals surface area contributed by atoms with Crippen molar-refractivity contribution in [3.8, 4) is 5.75 Å². The quantitative estimate of drug-likeness (QED) is 0.820. The van der Waals surface area contributed by atoms with Crippen LogP contribution in [0.3, 0.4) is 0 Å². The van der Waals surface area contributed by atoms with Crippen molar-refractivity contribution in [1.29, 1.82) is 0 Å². The van der Waals surface area contributed by atoms with Crippen LogP contribution in [0.2, 0.25) is 0 Å². The van der Waals surface area contributed by atoms with Gasteiger partial charge >= 0.3 is 0 Å². The molecule has 0 radical (unpaired) electrons. The smallest absolute Gasteiger partial charge is 0.119 e. The summed E-state index contributed by atoms with van der Waals surface area (Å²) in [5, 5.41) is 0. The van der Waals surface area contributed by atoms with Gasteiger partial charge in [0.25, 0.3) is 0 Å². The van der Waals surface area contributed by atoms with E-state index in [1.807, 2.05) is 18.2 Å². The predicted molar refractivity (Wildman–Crippen MR) is 61.8 cm³/mol. The van der Waals surface area contributed by atoms with E-state index < -0.39 is 0 Å². The minimum Gasteiger partial charge on any atom is -0.497 e. The molecule has 1 aliphatic carbocycles. The van der Waals surface area contributed by atoms with E-state index in [0.717, 1.165) is 11.7 Å². The van der Waals surface area contributed by atoms with Crippen molar-refractivity contribution in [2.24, 2.45) is 17.6 Å². The van der Waals surface area contributed by atoms with Crippen molar-refractivity contribution >= 4 is 0 Å². The summed E-state index contributed by atoms with van der Waals surface area (Å²) in [4.78, 5) is 0. The Morgan fingerprint density at radius 1 is 1.40 bits per heavy atom. The molecular formula is C13H19NO. The molecule has 1 aromatic rings. The number of hydrogen-bond donors (Lipinski definition) is 1. The summed E-state index contributed by atoms with van der Waals surface area (Å²) in [5.41, 5.74) is 7.44. The Kier molecular flexibility index (Phi) is 2.96. The normalized spacial score (nSPS) is 19.7. The van der Waals surface area contributed by atoms with Crippen LogP contribution in [-0.2, 0) is 0 Å². The highest BCUT2D eigenvalue weighted by atomic mass is 16.5. The molecular weight excluding hydrogens is 186 g/mol. The van der Waals surface area contributed by atoms with Crippen LogP contribution in [0.1, 0.15) is 31.4 Å². The summed E-state index contributed by atoms with van der Waals surface area (Å²) in [5.74, 6) is 2.31. The molecule has 0 bridgehead atoms. The molecule has 82 valence electrons. The van der Waals surface area contributed by atoms with Crippen LogP contribution < -0.4 is 10.5 Å². The van der Waals surface area contributed by atoms with Crippen molar-refractivity contribution < 1.29 is 4.74 Å². The lowest BCUT2D eigenvalue weighted by Crippen LogP contribution is -2.20.